The normalized spacial score (nSPS) is 19.2. The van der Waals surface area contributed by atoms with Crippen LogP contribution in [0.2, 0.25) is 0 Å². The summed E-state index contributed by atoms with van der Waals surface area (Å²) >= 11 is 0. The molecule has 0 aromatic carbocycles. The van der Waals surface area contributed by atoms with Gasteiger partial charge in [-0.25, -0.2) is 4.79 Å². The molecule has 75 heavy (non-hydrogen) atoms. The van der Waals surface area contributed by atoms with E-state index in [4.69, 9.17) is 23.7 Å². The first-order chi connectivity index (χ1) is 36.6. The van der Waals surface area contributed by atoms with Crippen LogP contribution in [0, 0.1) is 0 Å². The minimum Gasteiger partial charge on any atom is -0.479 e. The lowest BCUT2D eigenvalue weighted by Gasteiger charge is -2.40. The zero-order chi connectivity index (χ0) is 54.7. The molecule has 0 bridgehead atoms. The molecule has 1 aliphatic heterocycles. The molecule has 1 heterocycles. The summed E-state index contributed by atoms with van der Waals surface area (Å²) < 4.78 is 28.2. The van der Waals surface area contributed by atoms with Crippen LogP contribution >= 0.6 is 0 Å². The van der Waals surface area contributed by atoms with E-state index in [1.807, 2.05) is 12.2 Å². The Hall–Kier alpha value is -5.14. The first-order valence-corrected chi connectivity index (χ1v) is 28.2. The van der Waals surface area contributed by atoms with E-state index >= 15 is 0 Å². The molecule has 1 saturated heterocycles. The zero-order valence-electron chi connectivity index (χ0n) is 46.0. The van der Waals surface area contributed by atoms with Crippen LogP contribution in [0.5, 0.6) is 0 Å². The van der Waals surface area contributed by atoms with Gasteiger partial charge in [0.2, 0.25) is 0 Å². The lowest BCUT2D eigenvalue weighted by Crippen LogP contribution is -2.61. The Morgan fingerprint density at radius 3 is 1.35 bits per heavy atom. The highest BCUT2D eigenvalue weighted by molar-refractivity contribution is 5.74. The minimum absolute atomic E-state index is 0.122. The summed E-state index contributed by atoms with van der Waals surface area (Å²) in [5.74, 6) is -3.36. The van der Waals surface area contributed by atoms with E-state index in [1.165, 1.54) is 0 Å². The van der Waals surface area contributed by atoms with Gasteiger partial charge in [0.1, 0.15) is 18.8 Å². The largest absolute Gasteiger partial charge is 0.479 e. The number of hydrogen-bond acceptors (Lipinski definition) is 11. The molecule has 0 aromatic heterocycles. The number of rotatable bonds is 45. The maximum atomic E-state index is 13.1. The van der Waals surface area contributed by atoms with Gasteiger partial charge in [-0.05, 0) is 109 Å². The average Bonchev–Trinajstić information content (AvgIpc) is 3.39. The van der Waals surface area contributed by atoms with Gasteiger partial charge >= 0.3 is 23.9 Å². The van der Waals surface area contributed by atoms with Crippen molar-refractivity contribution in [3.63, 3.8) is 0 Å². The van der Waals surface area contributed by atoms with Gasteiger partial charge in [-0.3, -0.25) is 14.4 Å². The average molecular weight is 1050 g/mol. The van der Waals surface area contributed by atoms with Crippen molar-refractivity contribution in [1.82, 2.24) is 0 Å². The Labute approximate surface area is 451 Å². The lowest BCUT2D eigenvalue weighted by molar-refractivity contribution is -0.301. The number of unbranched alkanes of at least 4 members (excludes halogenated alkanes) is 10. The maximum absolute atomic E-state index is 13.1. The predicted octanol–water partition coefficient (Wildman–Crippen LogP) is 14.2. The molecule has 0 radical (unpaired) electrons. The van der Waals surface area contributed by atoms with Gasteiger partial charge in [0, 0.05) is 12.8 Å². The number of carboxylic acids is 1. The fourth-order valence-electron chi connectivity index (χ4n) is 7.47. The standard InChI is InChI=1S/C63H96O12/c1-4-7-10-13-16-19-22-25-27-28-30-32-34-37-40-43-46-49-55(64)71-52-54(73-56(65)50-47-44-41-38-35-31-24-21-18-15-12-9-6-3)53-72-63-61(59(68)58(67)60(75-63)62(69)70)74-57(66)51-48-45-42-39-36-33-29-26-23-20-17-14-11-8-5-2/h7-8,10-12,15-17,19-21,24-27,29-30,32,36,39,45,48,54,58-61,63,67-68H,4-6,9,13-14,18,22-23,28,31,33-35,37-38,40-44,46-47,49-53H2,1-3H3,(H,69,70)/b10-7-,11-8-,15-12-,19-16-,20-17-,24-21-,27-25-,29-26-,32-30-,39-36-,48-45-. The van der Waals surface area contributed by atoms with Crippen molar-refractivity contribution in [1.29, 1.82) is 0 Å². The molecular formula is C63H96O12. The number of hydrogen-bond donors (Lipinski definition) is 3. The van der Waals surface area contributed by atoms with E-state index in [9.17, 15) is 34.5 Å². The van der Waals surface area contributed by atoms with Crippen LogP contribution in [0.25, 0.3) is 0 Å². The van der Waals surface area contributed by atoms with Crippen molar-refractivity contribution >= 4 is 23.9 Å². The fourth-order valence-corrected chi connectivity index (χ4v) is 7.47. The van der Waals surface area contributed by atoms with Crippen LogP contribution < -0.4 is 0 Å². The molecule has 0 spiro atoms. The molecule has 6 unspecified atom stereocenters. The van der Waals surface area contributed by atoms with Crippen molar-refractivity contribution in [3.8, 4) is 0 Å². The summed E-state index contributed by atoms with van der Waals surface area (Å²) in [6, 6.07) is 0. The highest BCUT2D eigenvalue weighted by Crippen LogP contribution is 2.26. The molecule has 0 aliphatic carbocycles. The molecule has 0 saturated carbocycles. The van der Waals surface area contributed by atoms with E-state index in [1.54, 1.807) is 12.2 Å². The third-order valence-electron chi connectivity index (χ3n) is 11.7. The number of carbonyl (C=O) groups excluding carboxylic acids is 3. The molecule has 1 rings (SSSR count). The van der Waals surface area contributed by atoms with Crippen LogP contribution in [0.4, 0.5) is 0 Å². The summed E-state index contributed by atoms with van der Waals surface area (Å²) in [4.78, 5) is 51.0. The Bertz CT molecular complexity index is 1810. The third kappa shape index (κ3) is 39.9. The van der Waals surface area contributed by atoms with Gasteiger partial charge in [0.25, 0.3) is 0 Å². The SMILES string of the molecule is CC/C=C\C/C=C\C/C=C\C/C=C\C/C=C\CC(=O)OC1C(OCC(COC(=O)CCCCCC/C=C\C/C=C\C/C=C\C/C=C\CC)OC(=O)CCCCCCC/C=C\C/C=C\CCC)OC(C(=O)O)C(O)C1O. The number of aliphatic hydroxyl groups excluding tert-OH is 2. The van der Waals surface area contributed by atoms with Gasteiger partial charge in [0.15, 0.2) is 24.6 Å². The van der Waals surface area contributed by atoms with E-state index in [2.05, 4.69) is 130 Å². The van der Waals surface area contributed by atoms with E-state index in [0.717, 1.165) is 128 Å². The van der Waals surface area contributed by atoms with Gasteiger partial charge in [0.05, 0.1) is 13.0 Å². The highest BCUT2D eigenvalue weighted by Gasteiger charge is 2.50. The Morgan fingerprint density at radius 1 is 0.467 bits per heavy atom. The van der Waals surface area contributed by atoms with Gasteiger partial charge in [-0.1, -0.05) is 193 Å². The van der Waals surface area contributed by atoms with Crippen LogP contribution in [0.1, 0.15) is 188 Å². The van der Waals surface area contributed by atoms with Gasteiger partial charge in [-0.2, -0.15) is 0 Å². The summed E-state index contributed by atoms with van der Waals surface area (Å²) in [6.45, 7) is 5.59. The van der Waals surface area contributed by atoms with Gasteiger partial charge in [-0.15, -0.1) is 0 Å². The Balaban J connectivity index is 2.79. The van der Waals surface area contributed by atoms with Crippen LogP contribution in [-0.2, 0) is 42.9 Å². The van der Waals surface area contributed by atoms with Crippen molar-refractivity contribution in [2.75, 3.05) is 13.2 Å². The van der Waals surface area contributed by atoms with Crippen molar-refractivity contribution < 1.29 is 58.2 Å². The Kier molecular flexibility index (Phi) is 45.0. The minimum atomic E-state index is -1.95. The molecule has 6 atom stereocenters. The molecule has 1 fully saturated rings. The monoisotopic (exact) mass is 1040 g/mol. The van der Waals surface area contributed by atoms with E-state index < -0.39 is 67.3 Å². The van der Waals surface area contributed by atoms with Crippen LogP contribution in [0.15, 0.2) is 134 Å². The quantitative estimate of drug-likeness (QED) is 0.0228. The molecule has 1 aliphatic rings. The predicted molar refractivity (Wildman–Crippen MR) is 303 cm³/mol. The summed E-state index contributed by atoms with van der Waals surface area (Å²) in [5, 5.41) is 31.4. The molecule has 420 valence electrons. The van der Waals surface area contributed by atoms with Crippen molar-refractivity contribution in [2.24, 2.45) is 0 Å². The fraction of sp³-hybridized carbons (Fsp3) is 0.587. The first kappa shape index (κ1) is 67.9. The number of carboxylic acid groups (broad SMARTS) is 1. The smallest absolute Gasteiger partial charge is 0.335 e. The Morgan fingerprint density at radius 2 is 0.880 bits per heavy atom. The first-order valence-electron chi connectivity index (χ1n) is 28.2. The van der Waals surface area contributed by atoms with E-state index in [0.29, 0.717) is 19.3 Å². The topological polar surface area (TPSA) is 175 Å². The summed E-state index contributed by atoms with van der Waals surface area (Å²) in [6.07, 6.45) is 57.4. The zero-order valence-corrected chi connectivity index (χ0v) is 46.0. The second-order valence-corrected chi connectivity index (χ2v) is 18.5. The van der Waals surface area contributed by atoms with Crippen LogP contribution in [0.3, 0.4) is 0 Å². The number of aliphatic hydroxyl groups is 2. The van der Waals surface area contributed by atoms with Gasteiger partial charge < -0.3 is 39.0 Å². The molecule has 12 heteroatoms. The molecule has 0 aromatic rings. The molecule has 0 amide bonds. The second-order valence-electron chi connectivity index (χ2n) is 18.5. The number of allylic oxidation sites excluding steroid dienone is 21. The maximum Gasteiger partial charge on any atom is 0.335 e. The number of carbonyl (C=O) groups is 4. The van der Waals surface area contributed by atoms with Crippen LogP contribution in [-0.4, -0.2) is 89.2 Å². The highest BCUT2D eigenvalue weighted by atomic mass is 16.7. The summed E-state index contributed by atoms with van der Waals surface area (Å²) in [7, 11) is 0. The van der Waals surface area contributed by atoms with Crippen molar-refractivity contribution in [3.05, 3.63) is 134 Å². The van der Waals surface area contributed by atoms with E-state index in [-0.39, 0.29) is 25.9 Å². The third-order valence-corrected chi connectivity index (χ3v) is 11.7. The van der Waals surface area contributed by atoms with Crippen molar-refractivity contribution in [2.45, 2.75) is 225 Å². The number of aliphatic carboxylic acids is 1. The molecule has 12 nitrogen and oxygen atoms in total. The molecule has 3 N–H and O–H groups in total. The number of esters is 3. The second kappa shape index (κ2) is 49.7. The summed E-state index contributed by atoms with van der Waals surface area (Å²) in [5.41, 5.74) is 0. The number of ether oxygens (including phenoxy) is 5. The molecular weight excluding hydrogens is 949 g/mol. The lowest BCUT2D eigenvalue weighted by atomic mass is 9.98.